The zero-order chi connectivity index (χ0) is 26.8. The average molecular weight is 540 g/mol. The van der Waals surface area contributed by atoms with Crippen LogP contribution in [0.5, 0.6) is 0 Å². The first-order chi connectivity index (χ1) is 17.8. The summed E-state index contributed by atoms with van der Waals surface area (Å²) in [5.74, 6) is 3.83. The third kappa shape index (κ3) is 8.07. The van der Waals surface area contributed by atoms with Gasteiger partial charge in [0.1, 0.15) is 12.4 Å². The first-order valence-electron chi connectivity index (χ1n) is 10.6. The molecule has 0 unspecified atom stereocenters. The molecule has 0 fully saturated rings. The molecule has 5 N–H and O–H groups in total. The number of benzene rings is 2. The SMILES string of the molecule is C=N/N=C\N(N)c1ccc(Cl)cc1/C=C/C(=O)N[C@@H](Cc1cscn1)C(=O)Nc1ccc(C(=O)O)cc1. The number of amides is 2. The van der Waals surface area contributed by atoms with E-state index in [9.17, 15) is 14.4 Å². The second kappa shape index (κ2) is 13.1. The summed E-state index contributed by atoms with van der Waals surface area (Å²) in [5.41, 5.74) is 3.72. The van der Waals surface area contributed by atoms with Crippen LogP contribution in [-0.2, 0) is 16.0 Å². The molecule has 2 aromatic carbocycles. The van der Waals surface area contributed by atoms with Crippen LogP contribution in [0.3, 0.4) is 0 Å². The summed E-state index contributed by atoms with van der Waals surface area (Å²) in [6, 6.07) is 9.58. The van der Waals surface area contributed by atoms with Crippen LogP contribution in [0.2, 0.25) is 5.02 Å². The van der Waals surface area contributed by atoms with Crippen molar-refractivity contribution in [3.63, 3.8) is 0 Å². The van der Waals surface area contributed by atoms with Crippen LogP contribution in [0.1, 0.15) is 21.6 Å². The minimum atomic E-state index is -1.08. The van der Waals surface area contributed by atoms with Crippen molar-refractivity contribution in [3.05, 3.63) is 81.3 Å². The lowest BCUT2D eigenvalue weighted by Gasteiger charge is -2.17. The van der Waals surface area contributed by atoms with E-state index in [-0.39, 0.29) is 12.0 Å². The summed E-state index contributed by atoms with van der Waals surface area (Å²) in [5, 5.41) is 24.8. The van der Waals surface area contributed by atoms with E-state index in [2.05, 4.69) is 32.5 Å². The summed E-state index contributed by atoms with van der Waals surface area (Å²) in [7, 11) is 0. The first kappa shape index (κ1) is 27.2. The van der Waals surface area contributed by atoms with Crippen LogP contribution in [0.25, 0.3) is 6.08 Å². The third-order valence-electron chi connectivity index (χ3n) is 4.87. The molecule has 3 rings (SSSR count). The van der Waals surface area contributed by atoms with Crippen LogP contribution in [0.4, 0.5) is 11.4 Å². The molecule has 0 saturated heterocycles. The molecule has 0 spiro atoms. The summed E-state index contributed by atoms with van der Waals surface area (Å²) in [6.45, 7) is 3.25. The van der Waals surface area contributed by atoms with Crippen molar-refractivity contribution in [2.24, 2.45) is 16.0 Å². The van der Waals surface area contributed by atoms with Gasteiger partial charge in [-0.3, -0.25) is 14.6 Å². The lowest BCUT2D eigenvalue weighted by atomic mass is 10.1. The van der Waals surface area contributed by atoms with Gasteiger partial charge in [0.15, 0.2) is 0 Å². The molecule has 0 radical (unpaired) electrons. The summed E-state index contributed by atoms with van der Waals surface area (Å²) in [6.07, 6.45) is 4.12. The van der Waals surface area contributed by atoms with Crippen LogP contribution in [0, 0.1) is 0 Å². The van der Waals surface area contributed by atoms with E-state index in [0.29, 0.717) is 27.7 Å². The van der Waals surface area contributed by atoms with Gasteiger partial charge in [0.25, 0.3) is 0 Å². The lowest BCUT2D eigenvalue weighted by molar-refractivity contribution is -0.123. The highest BCUT2D eigenvalue weighted by molar-refractivity contribution is 7.07. The Morgan fingerprint density at radius 3 is 2.65 bits per heavy atom. The van der Waals surface area contributed by atoms with Crippen molar-refractivity contribution in [1.82, 2.24) is 10.3 Å². The van der Waals surface area contributed by atoms with E-state index in [0.717, 1.165) is 0 Å². The number of aromatic nitrogens is 1. The predicted molar refractivity (Wildman–Crippen MR) is 145 cm³/mol. The number of anilines is 2. The van der Waals surface area contributed by atoms with Crippen LogP contribution in [0.15, 0.2) is 69.6 Å². The number of carboxylic acid groups (broad SMARTS) is 1. The van der Waals surface area contributed by atoms with Crippen LogP contribution < -0.4 is 21.5 Å². The second-order valence-electron chi connectivity index (χ2n) is 7.43. The van der Waals surface area contributed by atoms with Gasteiger partial charge in [-0.2, -0.15) is 5.10 Å². The standard InChI is InChI=1S/C24H22ClN7O4S/c1-27-29-13-32(26)21-8-5-17(25)10-16(21)4-9-22(33)31-20(11-19-12-37-14-28-19)23(34)30-18-6-2-15(3-7-18)24(35)36/h2-10,12-14,20H,1,11,26H2,(H,30,34)(H,31,33)(H,35,36)/b9-4+,29-13-/t20-/m0/s1. The second-order valence-corrected chi connectivity index (χ2v) is 8.59. The van der Waals surface area contributed by atoms with Crippen molar-refractivity contribution in [1.29, 1.82) is 0 Å². The van der Waals surface area contributed by atoms with Gasteiger partial charge < -0.3 is 15.7 Å². The number of nitrogens with two attached hydrogens (primary N) is 1. The minimum Gasteiger partial charge on any atom is -0.478 e. The molecule has 2 amide bonds. The number of carboxylic acids is 1. The Hall–Kier alpha value is -4.39. The largest absolute Gasteiger partial charge is 0.478 e. The van der Waals surface area contributed by atoms with Gasteiger partial charge in [-0.05, 0) is 48.5 Å². The Kier molecular flexibility index (Phi) is 9.61. The Labute approximate surface area is 221 Å². The number of halogens is 1. The Morgan fingerprint density at radius 2 is 2.00 bits per heavy atom. The van der Waals surface area contributed by atoms with E-state index < -0.39 is 23.8 Å². The topological polar surface area (TPSA) is 162 Å². The van der Waals surface area contributed by atoms with E-state index in [1.807, 2.05) is 0 Å². The smallest absolute Gasteiger partial charge is 0.335 e. The molecular weight excluding hydrogens is 518 g/mol. The van der Waals surface area contributed by atoms with E-state index in [4.69, 9.17) is 22.6 Å². The maximum absolute atomic E-state index is 13.0. The molecule has 1 aromatic heterocycles. The van der Waals surface area contributed by atoms with Crippen molar-refractivity contribution in [2.75, 3.05) is 10.3 Å². The number of carbonyl (C=O) groups is 3. The predicted octanol–water partition coefficient (Wildman–Crippen LogP) is 3.20. The number of nitrogens with one attached hydrogen (secondary N) is 2. The van der Waals surface area contributed by atoms with Crippen molar-refractivity contribution in [2.45, 2.75) is 12.5 Å². The van der Waals surface area contributed by atoms with Gasteiger partial charge in [0, 0.05) is 40.9 Å². The molecule has 0 aliphatic rings. The molecule has 0 aliphatic carbocycles. The molecule has 190 valence electrons. The van der Waals surface area contributed by atoms with Gasteiger partial charge in [0.05, 0.1) is 22.5 Å². The highest BCUT2D eigenvalue weighted by Crippen LogP contribution is 2.23. The average Bonchev–Trinajstić information content (AvgIpc) is 3.39. The van der Waals surface area contributed by atoms with E-state index >= 15 is 0 Å². The number of carbonyl (C=O) groups excluding carboxylic acids is 2. The fourth-order valence-corrected chi connectivity index (χ4v) is 3.87. The number of hydrazine groups is 1. The van der Waals surface area contributed by atoms with Gasteiger partial charge in [-0.25, -0.2) is 15.6 Å². The number of hydrogen-bond donors (Lipinski definition) is 4. The fourth-order valence-electron chi connectivity index (χ4n) is 3.12. The molecule has 3 aromatic rings. The zero-order valence-electron chi connectivity index (χ0n) is 19.2. The van der Waals surface area contributed by atoms with Crippen molar-refractivity contribution in [3.8, 4) is 0 Å². The Balaban J connectivity index is 1.76. The van der Waals surface area contributed by atoms with Gasteiger partial charge in [-0.15, -0.1) is 16.4 Å². The molecule has 0 bridgehead atoms. The molecule has 11 nitrogen and oxygen atoms in total. The number of nitrogens with zero attached hydrogens (tertiary/aromatic N) is 4. The minimum absolute atomic E-state index is 0.0823. The van der Waals surface area contributed by atoms with Crippen LogP contribution in [-0.4, -0.2) is 47.0 Å². The highest BCUT2D eigenvalue weighted by Gasteiger charge is 2.22. The molecule has 13 heteroatoms. The monoisotopic (exact) mass is 539 g/mol. The first-order valence-corrected chi connectivity index (χ1v) is 11.9. The number of hydrogen-bond acceptors (Lipinski definition) is 8. The summed E-state index contributed by atoms with van der Waals surface area (Å²) >= 11 is 7.47. The molecular formula is C24H22ClN7O4S. The maximum atomic E-state index is 13.0. The van der Waals surface area contributed by atoms with E-state index in [1.54, 1.807) is 29.1 Å². The highest BCUT2D eigenvalue weighted by atomic mass is 35.5. The normalized spacial score (nSPS) is 11.8. The van der Waals surface area contributed by atoms with Crippen molar-refractivity contribution >= 4 is 71.2 Å². The Morgan fingerprint density at radius 1 is 1.24 bits per heavy atom. The summed E-state index contributed by atoms with van der Waals surface area (Å²) in [4.78, 5) is 41.0. The lowest BCUT2D eigenvalue weighted by Crippen LogP contribution is -2.44. The van der Waals surface area contributed by atoms with Crippen molar-refractivity contribution < 1.29 is 19.5 Å². The Bertz CT molecular complexity index is 1330. The number of aromatic carboxylic acids is 1. The molecule has 37 heavy (non-hydrogen) atoms. The molecule has 1 heterocycles. The third-order valence-corrected chi connectivity index (χ3v) is 5.74. The summed E-state index contributed by atoms with van der Waals surface area (Å²) < 4.78 is 0. The van der Waals surface area contributed by atoms with Gasteiger partial charge in [-0.1, -0.05) is 11.6 Å². The number of thiazole rings is 1. The van der Waals surface area contributed by atoms with E-state index in [1.165, 1.54) is 59.1 Å². The molecule has 1 atom stereocenters. The number of rotatable bonds is 11. The van der Waals surface area contributed by atoms with Crippen LogP contribution >= 0.6 is 22.9 Å². The van der Waals surface area contributed by atoms with Gasteiger partial charge >= 0.3 is 5.97 Å². The quantitative estimate of drug-likeness (QED) is 0.0955. The fraction of sp³-hybridized carbons (Fsp3) is 0.0833. The zero-order valence-corrected chi connectivity index (χ0v) is 20.8. The molecule has 0 aliphatic heterocycles. The van der Waals surface area contributed by atoms with Gasteiger partial charge in [0.2, 0.25) is 11.8 Å². The maximum Gasteiger partial charge on any atom is 0.335 e. The molecule has 0 saturated carbocycles.